The van der Waals surface area contributed by atoms with Gasteiger partial charge >= 0.3 is 0 Å². The highest BCUT2D eigenvalue weighted by atomic mass is 35.5. The first-order valence-electron chi connectivity index (χ1n) is 7.00. The minimum Gasteiger partial charge on any atom is -0.323 e. The summed E-state index contributed by atoms with van der Waals surface area (Å²) >= 11 is 12.1. The van der Waals surface area contributed by atoms with E-state index in [0.717, 1.165) is 23.3 Å². The number of hydrogen-bond acceptors (Lipinski definition) is 1. The molecular weight excluding hydrogens is 298 g/mol. The number of imidazole rings is 1. The van der Waals surface area contributed by atoms with Gasteiger partial charge in [-0.05, 0) is 31.7 Å². The monoisotopic (exact) mass is 314 g/mol. The summed E-state index contributed by atoms with van der Waals surface area (Å²) in [5.74, 6) is 0.960. The summed E-state index contributed by atoms with van der Waals surface area (Å²) in [5.41, 5.74) is 1.52. The summed E-state index contributed by atoms with van der Waals surface area (Å²) in [6, 6.07) is 3.42. The number of halogens is 3. The largest absolute Gasteiger partial charge is 0.323 e. The maximum absolute atomic E-state index is 13.8. The van der Waals surface area contributed by atoms with Gasteiger partial charge in [0.05, 0.1) is 21.4 Å². The van der Waals surface area contributed by atoms with Gasteiger partial charge in [0.15, 0.2) is 0 Å². The Kier molecular flexibility index (Phi) is 3.67. The number of fused-ring (bicyclic) bond motifs is 1. The zero-order chi connectivity index (χ0) is 14.4. The first kappa shape index (κ1) is 14.2. The van der Waals surface area contributed by atoms with E-state index in [1.165, 1.54) is 18.9 Å². The average Bonchev–Trinajstić information content (AvgIpc) is 2.93. The molecule has 1 aromatic carbocycles. The third kappa shape index (κ3) is 2.21. The van der Waals surface area contributed by atoms with Gasteiger partial charge in [0.1, 0.15) is 11.6 Å². The third-order valence-electron chi connectivity index (χ3n) is 4.26. The number of alkyl halides is 1. The van der Waals surface area contributed by atoms with Crippen LogP contribution in [0, 0.1) is 11.7 Å². The number of nitrogens with zero attached hydrogens (tertiary/aromatic N) is 2. The van der Waals surface area contributed by atoms with Crippen molar-refractivity contribution in [2.45, 2.75) is 44.5 Å². The molecule has 108 valence electrons. The molecule has 2 nitrogen and oxygen atoms in total. The molecule has 0 bridgehead atoms. The van der Waals surface area contributed by atoms with Gasteiger partial charge in [0.2, 0.25) is 0 Å². The average molecular weight is 315 g/mol. The number of aromatic nitrogens is 2. The van der Waals surface area contributed by atoms with Gasteiger partial charge < -0.3 is 4.57 Å². The summed E-state index contributed by atoms with van der Waals surface area (Å²) in [7, 11) is 0. The van der Waals surface area contributed by atoms with Gasteiger partial charge in [-0.2, -0.15) is 0 Å². The Morgan fingerprint density at radius 1 is 1.40 bits per heavy atom. The maximum Gasteiger partial charge on any atom is 0.144 e. The van der Waals surface area contributed by atoms with Crippen LogP contribution in [0.15, 0.2) is 12.1 Å². The van der Waals surface area contributed by atoms with Crippen LogP contribution in [0.25, 0.3) is 11.0 Å². The van der Waals surface area contributed by atoms with Crippen LogP contribution in [0.5, 0.6) is 0 Å². The van der Waals surface area contributed by atoms with E-state index in [-0.39, 0.29) is 10.4 Å². The minimum atomic E-state index is -0.403. The lowest BCUT2D eigenvalue weighted by Crippen LogP contribution is -2.15. The van der Waals surface area contributed by atoms with E-state index in [0.29, 0.717) is 12.0 Å². The fraction of sp³-hybridized carbons (Fsp3) is 0.533. The van der Waals surface area contributed by atoms with Crippen molar-refractivity contribution in [3.05, 3.63) is 28.8 Å². The van der Waals surface area contributed by atoms with E-state index in [2.05, 4.69) is 16.5 Å². The van der Waals surface area contributed by atoms with Gasteiger partial charge in [-0.25, -0.2) is 9.37 Å². The smallest absolute Gasteiger partial charge is 0.144 e. The quantitative estimate of drug-likeness (QED) is 0.670. The SMILES string of the molecule is CC(Cl)c1nc2cc(Cl)c(F)cc2n1C1CCCC1C. The van der Waals surface area contributed by atoms with Crippen molar-refractivity contribution < 1.29 is 4.39 Å². The third-order valence-corrected chi connectivity index (χ3v) is 4.75. The molecule has 3 atom stereocenters. The van der Waals surface area contributed by atoms with Crippen molar-refractivity contribution in [1.29, 1.82) is 0 Å². The van der Waals surface area contributed by atoms with Crippen LogP contribution in [-0.2, 0) is 0 Å². The topological polar surface area (TPSA) is 17.8 Å². The Balaban J connectivity index is 2.26. The fourth-order valence-electron chi connectivity index (χ4n) is 3.25. The molecule has 1 aliphatic rings. The fourth-order valence-corrected chi connectivity index (χ4v) is 3.56. The normalized spacial score (nSPS) is 24.4. The van der Waals surface area contributed by atoms with E-state index in [4.69, 9.17) is 23.2 Å². The summed E-state index contributed by atoms with van der Waals surface area (Å²) in [4.78, 5) is 4.57. The second-order valence-corrected chi connectivity index (χ2v) is 6.75. The molecule has 0 spiro atoms. The second-order valence-electron chi connectivity index (χ2n) is 5.69. The van der Waals surface area contributed by atoms with Gasteiger partial charge in [0, 0.05) is 12.1 Å². The number of rotatable bonds is 2. The molecule has 1 aromatic heterocycles. The predicted octanol–water partition coefficient (Wildman–Crippen LogP) is 5.49. The van der Waals surface area contributed by atoms with Crippen LogP contribution >= 0.6 is 23.2 Å². The van der Waals surface area contributed by atoms with E-state index < -0.39 is 5.82 Å². The molecule has 1 fully saturated rings. The number of hydrogen-bond donors (Lipinski definition) is 0. The molecule has 0 saturated heterocycles. The van der Waals surface area contributed by atoms with Crippen molar-refractivity contribution in [2.75, 3.05) is 0 Å². The molecule has 1 saturated carbocycles. The molecule has 3 rings (SSSR count). The Morgan fingerprint density at radius 3 is 2.75 bits per heavy atom. The molecule has 3 unspecified atom stereocenters. The van der Waals surface area contributed by atoms with Gasteiger partial charge in [-0.3, -0.25) is 0 Å². The summed E-state index contributed by atoms with van der Waals surface area (Å²) in [6.07, 6.45) is 3.47. The van der Waals surface area contributed by atoms with Crippen molar-refractivity contribution >= 4 is 34.2 Å². The second kappa shape index (κ2) is 5.19. The van der Waals surface area contributed by atoms with Crippen LogP contribution in [-0.4, -0.2) is 9.55 Å². The first-order chi connectivity index (χ1) is 9.49. The van der Waals surface area contributed by atoms with E-state index >= 15 is 0 Å². The molecule has 5 heteroatoms. The predicted molar refractivity (Wildman–Crippen MR) is 81.0 cm³/mol. The van der Waals surface area contributed by atoms with Gasteiger partial charge in [-0.15, -0.1) is 11.6 Å². The lowest BCUT2D eigenvalue weighted by molar-refractivity contribution is 0.405. The standard InChI is InChI=1S/C15H17Cl2FN2/c1-8-4-3-5-13(8)20-14-7-11(18)10(17)6-12(14)19-15(20)9(2)16/h6-9,13H,3-5H2,1-2H3. The zero-order valence-corrected chi connectivity index (χ0v) is 13.0. The molecule has 0 amide bonds. The van der Waals surface area contributed by atoms with Crippen LogP contribution in [0.3, 0.4) is 0 Å². The Morgan fingerprint density at radius 2 is 2.15 bits per heavy atom. The number of benzene rings is 1. The van der Waals surface area contributed by atoms with Gasteiger partial charge in [0.25, 0.3) is 0 Å². The van der Waals surface area contributed by atoms with Crippen molar-refractivity contribution in [3.63, 3.8) is 0 Å². The maximum atomic E-state index is 13.8. The highest BCUT2D eigenvalue weighted by molar-refractivity contribution is 6.31. The molecule has 2 aromatic rings. The first-order valence-corrected chi connectivity index (χ1v) is 7.81. The highest BCUT2D eigenvalue weighted by Gasteiger charge is 2.30. The van der Waals surface area contributed by atoms with E-state index in [1.54, 1.807) is 6.07 Å². The van der Waals surface area contributed by atoms with E-state index in [9.17, 15) is 4.39 Å². The lowest BCUT2D eigenvalue weighted by Gasteiger charge is -2.22. The van der Waals surface area contributed by atoms with Crippen LogP contribution < -0.4 is 0 Å². The Labute approximate surface area is 127 Å². The molecule has 0 aliphatic heterocycles. The molecule has 0 radical (unpaired) electrons. The molecule has 0 N–H and O–H groups in total. The van der Waals surface area contributed by atoms with Crippen molar-refractivity contribution in [3.8, 4) is 0 Å². The summed E-state index contributed by atoms with van der Waals surface area (Å²) < 4.78 is 15.9. The molecule has 20 heavy (non-hydrogen) atoms. The summed E-state index contributed by atoms with van der Waals surface area (Å²) in [6.45, 7) is 4.13. The van der Waals surface area contributed by atoms with Crippen LogP contribution in [0.1, 0.15) is 50.4 Å². The van der Waals surface area contributed by atoms with Crippen molar-refractivity contribution in [2.24, 2.45) is 5.92 Å². The molecular formula is C15H17Cl2FN2. The summed E-state index contributed by atoms with van der Waals surface area (Å²) in [5, 5.41) is -0.104. The van der Waals surface area contributed by atoms with Crippen LogP contribution in [0.2, 0.25) is 5.02 Å². The Bertz CT molecular complexity index is 651. The highest BCUT2D eigenvalue weighted by Crippen LogP contribution is 2.40. The molecule has 1 aliphatic carbocycles. The zero-order valence-electron chi connectivity index (χ0n) is 11.5. The minimum absolute atomic E-state index is 0.107. The van der Waals surface area contributed by atoms with E-state index in [1.807, 2.05) is 6.92 Å². The van der Waals surface area contributed by atoms with Gasteiger partial charge in [-0.1, -0.05) is 24.9 Å². The van der Waals surface area contributed by atoms with Crippen LogP contribution in [0.4, 0.5) is 4.39 Å². The lowest BCUT2D eigenvalue weighted by atomic mass is 10.1. The van der Waals surface area contributed by atoms with Crippen molar-refractivity contribution in [1.82, 2.24) is 9.55 Å². The Hall–Kier alpha value is -0.800. The molecule has 1 heterocycles.